The SMILES string of the molecule is CN=C(NCc1ccccc1)NCc1cc(C(C)C)no1. The summed E-state index contributed by atoms with van der Waals surface area (Å²) in [6, 6.07) is 12.2. The maximum atomic E-state index is 5.29. The Morgan fingerprint density at radius 2 is 1.90 bits per heavy atom. The first-order valence-electron chi connectivity index (χ1n) is 7.13. The molecule has 0 bridgehead atoms. The number of nitrogens with one attached hydrogen (secondary N) is 2. The van der Waals surface area contributed by atoms with Crippen LogP contribution < -0.4 is 10.6 Å². The summed E-state index contributed by atoms with van der Waals surface area (Å²) in [6.45, 7) is 5.48. The zero-order valence-electron chi connectivity index (χ0n) is 12.8. The number of hydrogen-bond donors (Lipinski definition) is 2. The smallest absolute Gasteiger partial charge is 0.191 e. The van der Waals surface area contributed by atoms with Gasteiger partial charge >= 0.3 is 0 Å². The Morgan fingerprint density at radius 1 is 1.19 bits per heavy atom. The second-order valence-corrected chi connectivity index (χ2v) is 5.14. The van der Waals surface area contributed by atoms with Gasteiger partial charge in [0, 0.05) is 19.7 Å². The van der Waals surface area contributed by atoms with E-state index in [-0.39, 0.29) is 0 Å². The van der Waals surface area contributed by atoms with Crippen molar-refractivity contribution in [3.63, 3.8) is 0 Å². The van der Waals surface area contributed by atoms with Gasteiger partial charge in [-0.2, -0.15) is 0 Å². The van der Waals surface area contributed by atoms with Gasteiger partial charge in [-0.25, -0.2) is 0 Å². The first kappa shape index (κ1) is 15.1. The fourth-order valence-corrected chi connectivity index (χ4v) is 1.86. The molecule has 0 aliphatic carbocycles. The largest absolute Gasteiger partial charge is 0.359 e. The van der Waals surface area contributed by atoms with Gasteiger partial charge in [0.25, 0.3) is 0 Å². The molecule has 1 heterocycles. The first-order valence-corrected chi connectivity index (χ1v) is 7.13. The lowest BCUT2D eigenvalue weighted by atomic mass is 10.1. The van der Waals surface area contributed by atoms with E-state index in [1.165, 1.54) is 5.56 Å². The number of benzene rings is 1. The average molecular weight is 286 g/mol. The Bertz CT molecular complexity index is 575. The topological polar surface area (TPSA) is 62.5 Å². The normalized spacial score (nSPS) is 11.7. The molecule has 2 aromatic rings. The van der Waals surface area contributed by atoms with Crippen LogP contribution in [0.15, 0.2) is 45.9 Å². The maximum absolute atomic E-state index is 5.29. The summed E-state index contributed by atoms with van der Waals surface area (Å²) in [5.41, 5.74) is 2.18. The molecule has 0 spiro atoms. The Morgan fingerprint density at radius 3 is 2.52 bits per heavy atom. The van der Waals surface area contributed by atoms with Crippen molar-refractivity contribution in [1.82, 2.24) is 15.8 Å². The minimum atomic E-state index is 0.373. The first-order chi connectivity index (χ1) is 10.2. The van der Waals surface area contributed by atoms with E-state index in [1.807, 2.05) is 24.3 Å². The summed E-state index contributed by atoms with van der Waals surface area (Å²) >= 11 is 0. The molecule has 1 aromatic carbocycles. The van der Waals surface area contributed by atoms with E-state index in [0.29, 0.717) is 12.5 Å². The highest BCUT2D eigenvalue weighted by Gasteiger charge is 2.08. The summed E-state index contributed by atoms with van der Waals surface area (Å²) in [4.78, 5) is 4.19. The molecule has 0 fully saturated rings. The van der Waals surface area contributed by atoms with E-state index in [9.17, 15) is 0 Å². The third-order valence-corrected chi connectivity index (χ3v) is 3.13. The molecule has 0 saturated heterocycles. The van der Waals surface area contributed by atoms with Crippen LogP contribution in [0.25, 0.3) is 0 Å². The van der Waals surface area contributed by atoms with Crippen molar-refractivity contribution in [2.45, 2.75) is 32.9 Å². The lowest BCUT2D eigenvalue weighted by Gasteiger charge is -2.10. The predicted molar refractivity (Wildman–Crippen MR) is 84.1 cm³/mol. The molecule has 0 aliphatic heterocycles. The zero-order valence-corrected chi connectivity index (χ0v) is 12.8. The standard InChI is InChI=1S/C16H22N4O/c1-12(2)15-9-14(21-20-15)11-19-16(17-3)18-10-13-7-5-4-6-8-13/h4-9,12H,10-11H2,1-3H3,(H2,17,18,19). The highest BCUT2D eigenvalue weighted by molar-refractivity contribution is 5.79. The van der Waals surface area contributed by atoms with Crippen LogP contribution in [0.3, 0.4) is 0 Å². The molecule has 112 valence electrons. The molecule has 5 heteroatoms. The van der Waals surface area contributed by atoms with Crippen LogP contribution in [0, 0.1) is 0 Å². The summed E-state index contributed by atoms with van der Waals surface area (Å²) < 4.78 is 5.29. The van der Waals surface area contributed by atoms with Crippen molar-refractivity contribution in [3.05, 3.63) is 53.4 Å². The molecule has 5 nitrogen and oxygen atoms in total. The lowest BCUT2D eigenvalue weighted by Crippen LogP contribution is -2.36. The summed E-state index contributed by atoms with van der Waals surface area (Å²) in [6.07, 6.45) is 0. The molecule has 0 amide bonds. The third-order valence-electron chi connectivity index (χ3n) is 3.13. The molecule has 2 N–H and O–H groups in total. The van der Waals surface area contributed by atoms with E-state index in [0.717, 1.165) is 24.0 Å². The number of nitrogens with zero attached hydrogens (tertiary/aromatic N) is 2. The van der Waals surface area contributed by atoms with Crippen molar-refractivity contribution >= 4 is 5.96 Å². The Kier molecular flexibility index (Phi) is 5.37. The Balaban J connectivity index is 1.82. The highest BCUT2D eigenvalue weighted by Crippen LogP contribution is 2.13. The average Bonchev–Trinajstić information content (AvgIpc) is 2.98. The van der Waals surface area contributed by atoms with Crippen molar-refractivity contribution in [3.8, 4) is 0 Å². The second-order valence-electron chi connectivity index (χ2n) is 5.14. The lowest BCUT2D eigenvalue weighted by molar-refractivity contribution is 0.372. The van der Waals surface area contributed by atoms with Crippen LogP contribution >= 0.6 is 0 Å². The van der Waals surface area contributed by atoms with E-state index in [2.05, 4.69) is 46.8 Å². The predicted octanol–water partition coefficient (Wildman–Crippen LogP) is 2.66. The van der Waals surface area contributed by atoms with Gasteiger partial charge in [0.15, 0.2) is 11.7 Å². The molecule has 21 heavy (non-hydrogen) atoms. The number of hydrogen-bond acceptors (Lipinski definition) is 3. The maximum Gasteiger partial charge on any atom is 0.191 e. The van der Waals surface area contributed by atoms with Gasteiger partial charge in [-0.15, -0.1) is 0 Å². The summed E-state index contributed by atoms with van der Waals surface area (Å²) in [5.74, 6) is 1.92. The van der Waals surface area contributed by atoms with Crippen molar-refractivity contribution in [2.75, 3.05) is 7.05 Å². The van der Waals surface area contributed by atoms with Crippen LogP contribution in [-0.4, -0.2) is 18.2 Å². The number of aromatic nitrogens is 1. The van der Waals surface area contributed by atoms with Gasteiger partial charge < -0.3 is 15.2 Å². The molecular formula is C16H22N4O. The van der Waals surface area contributed by atoms with Gasteiger partial charge in [-0.1, -0.05) is 49.3 Å². The fraction of sp³-hybridized carbons (Fsp3) is 0.375. The molecule has 0 atom stereocenters. The number of rotatable bonds is 5. The highest BCUT2D eigenvalue weighted by atomic mass is 16.5. The third kappa shape index (κ3) is 4.63. The van der Waals surface area contributed by atoms with Crippen LogP contribution in [0.1, 0.15) is 36.8 Å². The van der Waals surface area contributed by atoms with Crippen molar-refractivity contribution in [1.29, 1.82) is 0 Å². The summed E-state index contributed by atoms with van der Waals surface area (Å²) in [7, 11) is 1.75. The quantitative estimate of drug-likeness (QED) is 0.655. The minimum Gasteiger partial charge on any atom is -0.359 e. The Labute approximate surface area is 125 Å². The number of guanidine groups is 1. The second kappa shape index (κ2) is 7.47. The van der Waals surface area contributed by atoms with Gasteiger partial charge in [0.2, 0.25) is 0 Å². The van der Waals surface area contributed by atoms with Crippen LogP contribution in [-0.2, 0) is 13.1 Å². The molecule has 0 unspecified atom stereocenters. The molecule has 0 radical (unpaired) electrons. The van der Waals surface area contributed by atoms with Gasteiger partial charge in [0.05, 0.1) is 12.2 Å². The molecular weight excluding hydrogens is 264 g/mol. The van der Waals surface area contributed by atoms with E-state index in [1.54, 1.807) is 7.05 Å². The van der Waals surface area contributed by atoms with Crippen LogP contribution in [0.5, 0.6) is 0 Å². The Hall–Kier alpha value is -2.30. The molecule has 2 rings (SSSR count). The van der Waals surface area contributed by atoms with Crippen molar-refractivity contribution < 1.29 is 4.52 Å². The minimum absolute atomic E-state index is 0.373. The van der Waals surface area contributed by atoms with Crippen LogP contribution in [0.2, 0.25) is 0 Å². The zero-order chi connectivity index (χ0) is 15.1. The molecule has 0 saturated carbocycles. The van der Waals surface area contributed by atoms with Gasteiger partial charge in [-0.05, 0) is 11.5 Å². The van der Waals surface area contributed by atoms with Gasteiger partial charge in [0.1, 0.15) is 0 Å². The monoisotopic (exact) mass is 286 g/mol. The van der Waals surface area contributed by atoms with E-state index < -0.39 is 0 Å². The van der Waals surface area contributed by atoms with Crippen molar-refractivity contribution in [2.24, 2.45) is 4.99 Å². The molecule has 1 aromatic heterocycles. The fourth-order valence-electron chi connectivity index (χ4n) is 1.86. The van der Waals surface area contributed by atoms with Gasteiger partial charge in [-0.3, -0.25) is 4.99 Å². The van der Waals surface area contributed by atoms with E-state index >= 15 is 0 Å². The summed E-state index contributed by atoms with van der Waals surface area (Å²) in [5, 5.41) is 10.5. The van der Waals surface area contributed by atoms with E-state index in [4.69, 9.17) is 4.52 Å². The van der Waals surface area contributed by atoms with Crippen LogP contribution in [0.4, 0.5) is 0 Å². The number of aliphatic imine (C=N–C) groups is 1. The molecule has 0 aliphatic rings.